The van der Waals surface area contributed by atoms with Crippen LogP contribution in [-0.4, -0.2) is 50.1 Å². The van der Waals surface area contributed by atoms with Crippen LogP contribution in [0.1, 0.15) is 43.4 Å². The van der Waals surface area contributed by atoms with Gasteiger partial charge in [-0.3, -0.25) is 14.4 Å². The van der Waals surface area contributed by atoms with Gasteiger partial charge >= 0.3 is 5.97 Å². The van der Waals surface area contributed by atoms with Crippen molar-refractivity contribution in [1.82, 2.24) is 10.2 Å². The summed E-state index contributed by atoms with van der Waals surface area (Å²) in [6.07, 6.45) is 5.70. The lowest BCUT2D eigenvalue weighted by molar-refractivity contribution is -0.155. The highest BCUT2D eigenvalue weighted by Crippen LogP contribution is 2.52. The molecular formula is C22H30N2O5S. The molecule has 0 saturated carbocycles. The number of ether oxygens (including phenoxy) is 2. The molecule has 164 valence electrons. The predicted molar refractivity (Wildman–Crippen MR) is 113 cm³/mol. The van der Waals surface area contributed by atoms with E-state index in [2.05, 4.69) is 5.32 Å². The molecule has 2 amide bonds. The number of amides is 2. The van der Waals surface area contributed by atoms with Crippen molar-refractivity contribution in [3.63, 3.8) is 0 Å². The quantitative estimate of drug-likeness (QED) is 0.477. The van der Waals surface area contributed by atoms with Gasteiger partial charge in [0.1, 0.15) is 5.41 Å². The third-order valence-electron chi connectivity index (χ3n) is 5.98. The molecule has 1 aliphatic heterocycles. The number of nitrogens with zero attached hydrogens (tertiary/aromatic N) is 1. The average molecular weight is 435 g/mol. The van der Waals surface area contributed by atoms with Crippen LogP contribution >= 0.6 is 11.3 Å². The van der Waals surface area contributed by atoms with Crippen LogP contribution in [0.5, 0.6) is 0 Å². The number of carbonyl (C=O) groups excluding carboxylic acids is 3. The Balaban J connectivity index is 1.86. The summed E-state index contributed by atoms with van der Waals surface area (Å²) in [6, 6.07) is 3.88. The molecule has 1 N–H and O–H groups in total. The zero-order chi connectivity index (χ0) is 21.6. The fourth-order valence-electron chi connectivity index (χ4n) is 4.57. The molecule has 0 spiro atoms. The fraction of sp³-hybridized carbons (Fsp3) is 0.591. The van der Waals surface area contributed by atoms with E-state index in [0.717, 1.165) is 24.1 Å². The lowest BCUT2D eigenvalue weighted by Gasteiger charge is -2.31. The van der Waals surface area contributed by atoms with Crippen LogP contribution in [-0.2, 0) is 30.4 Å². The lowest BCUT2D eigenvalue weighted by Crippen LogP contribution is -2.41. The Morgan fingerprint density at radius 3 is 2.87 bits per heavy atom. The van der Waals surface area contributed by atoms with Crippen LogP contribution in [0.3, 0.4) is 0 Å². The smallest absolute Gasteiger partial charge is 0.318 e. The molecule has 0 unspecified atom stereocenters. The highest BCUT2D eigenvalue weighted by atomic mass is 32.1. The van der Waals surface area contributed by atoms with Crippen molar-refractivity contribution < 1.29 is 23.9 Å². The molecule has 2 heterocycles. The molecule has 1 saturated heterocycles. The molecule has 3 rings (SSSR count). The first-order chi connectivity index (χ1) is 14.5. The van der Waals surface area contributed by atoms with E-state index in [4.69, 9.17) is 9.47 Å². The molecule has 2 aliphatic rings. The number of hydrogen-bond acceptors (Lipinski definition) is 6. The normalized spacial score (nSPS) is 23.5. The fourth-order valence-corrected chi connectivity index (χ4v) is 5.21. The van der Waals surface area contributed by atoms with Crippen LogP contribution in [0.25, 0.3) is 0 Å². The highest BCUT2D eigenvalue weighted by molar-refractivity contribution is 7.09. The zero-order valence-corrected chi connectivity index (χ0v) is 18.5. The highest BCUT2D eigenvalue weighted by Gasteiger charge is 2.61. The van der Waals surface area contributed by atoms with Crippen molar-refractivity contribution in [1.29, 1.82) is 0 Å². The van der Waals surface area contributed by atoms with E-state index in [1.165, 1.54) is 7.11 Å². The Morgan fingerprint density at radius 1 is 1.33 bits per heavy atom. The van der Waals surface area contributed by atoms with E-state index in [9.17, 15) is 14.4 Å². The second-order valence-corrected chi connectivity index (χ2v) is 8.78. The Bertz CT molecular complexity index is 791. The van der Waals surface area contributed by atoms with Crippen LogP contribution in [0.4, 0.5) is 0 Å². The third-order valence-corrected chi connectivity index (χ3v) is 6.86. The summed E-state index contributed by atoms with van der Waals surface area (Å²) in [5, 5.41) is 4.85. The number of esters is 1. The summed E-state index contributed by atoms with van der Waals surface area (Å²) in [5.41, 5.74) is -0.376. The molecule has 1 aromatic rings. The molecule has 0 radical (unpaired) electrons. The minimum atomic E-state index is -1.09. The first-order valence-electron chi connectivity index (χ1n) is 10.4. The van der Waals surface area contributed by atoms with Crippen LogP contribution < -0.4 is 5.32 Å². The SMILES string of the molecule is COCCCN1C(=O)[C@H](CC(=O)NCc2cccs2)[C@]2(C(=O)OC)CCCCC=C12. The Morgan fingerprint density at radius 2 is 2.17 bits per heavy atom. The summed E-state index contributed by atoms with van der Waals surface area (Å²) in [6.45, 7) is 1.40. The van der Waals surface area contributed by atoms with Gasteiger partial charge in [-0.2, -0.15) is 0 Å². The maximum absolute atomic E-state index is 13.4. The Labute approximate surface area is 181 Å². The van der Waals surface area contributed by atoms with Crippen LogP contribution in [0, 0.1) is 11.3 Å². The van der Waals surface area contributed by atoms with E-state index in [1.54, 1.807) is 23.3 Å². The predicted octanol–water partition coefficient (Wildman–Crippen LogP) is 2.87. The molecule has 2 atom stereocenters. The zero-order valence-electron chi connectivity index (χ0n) is 17.6. The molecule has 7 nitrogen and oxygen atoms in total. The maximum Gasteiger partial charge on any atom is 0.318 e. The van der Waals surface area contributed by atoms with E-state index in [-0.39, 0.29) is 18.2 Å². The molecule has 8 heteroatoms. The lowest BCUT2D eigenvalue weighted by atomic mass is 9.71. The number of nitrogens with one attached hydrogen (secondary N) is 1. The van der Waals surface area contributed by atoms with Crippen LogP contribution in [0.15, 0.2) is 29.3 Å². The molecule has 1 aromatic heterocycles. The molecule has 30 heavy (non-hydrogen) atoms. The Kier molecular flexibility index (Phi) is 7.66. The van der Waals surface area contributed by atoms with Gasteiger partial charge in [-0.05, 0) is 37.1 Å². The summed E-state index contributed by atoms with van der Waals surface area (Å²) in [7, 11) is 2.97. The first-order valence-corrected chi connectivity index (χ1v) is 11.3. The van der Waals surface area contributed by atoms with Gasteiger partial charge < -0.3 is 19.7 Å². The van der Waals surface area contributed by atoms with Crippen LogP contribution in [0.2, 0.25) is 0 Å². The van der Waals surface area contributed by atoms with E-state index >= 15 is 0 Å². The van der Waals surface area contributed by atoms with Gasteiger partial charge in [-0.25, -0.2) is 0 Å². The number of rotatable bonds is 9. The van der Waals surface area contributed by atoms with Gasteiger partial charge in [0, 0.05) is 37.3 Å². The summed E-state index contributed by atoms with van der Waals surface area (Å²) >= 11 is 1.56. The molecule has 1 fully saturated rings. The minimum Gasteiger partial charge on any atom is -0.468 e. The largest absolute Gasteiger partial charge is 0.468 e. The third kappa shape index (κ3) is 4.44. The number of hydrogen-bond donors (Lipinski definition) is 1. The van der Waals surface area contributed by atoms with Gasteiger partial charge in [-0.1, -0.05) is 18.6 Å². The van der Waals surface area contributed by atoms with Crippen molar-refractivity contribution in [2.24, 2.45) is 11.3 Å². The van der Waals surface area contributed by atoms with Crippen molar-refractivity contribution >= 4 is 29.1 Å². The molecule has 1 aliphatic carbocycles. The van der Waals surface area contributed by atoms with Crippen molar-refractivity contribution in [3.05, 3.63) is 34.2 Å². The summed E-state index contributed by atoms with van der Waals surface area (Å²) < 4.78 is 10.3. The summed E-state index contributed by atoms with van der Waals surface area (Å²) in [4.78, 5) is 42.0. The van der Waals surface area contributed by atoms with E-state index in [0.29, 0.717) is 38.2 Å². The number of methoxy groups -OCH3 is 2. The average Bonchev–Trinajstić information content (AvgIpc) is 3.26. The standard InChI is InChI=1S/C22H30N2O5S/c1-28-12-7-11-24-18-9-4-3-5-10-22(18,21(27)29-2)17(20(24)26)14-19(25)23-15-16-8-6-13-30-16/h6,8-9,13,17H,3-5,7,10-12,14-15H2,1-2H3,(H,23,25)/t17-,22+/m0/s1. The monoisotopic (exact) mass is 434 g/mol. The topological polar surface area (TPSA) is 84.9 Å². The molecular weight excluding hydrogens is 404 g/mol. The van der Waals surface area contributed by atoms with Gasteiger partial charge in [0.15, 0.2) is 0 Å². The van der Waals surface area contributed by atoms with E-state index < -0.39 is 17.3 Å². The second kappa shape index (κ2) is 10.2. The number of carbonyl (C=O) groups is 3. The van der Waals surface area contributed by atoms with E-state index in [1.807, 2.05) is 23.6 Å². The second-order valence-electron chi connectivity index (χ2n) is 7.75. The summed E-state index contributed by atoms with van der Waals surface area (Å²) in [5.74, 6) is -1.57. The Hall–Kier alpha value is -2.19. The number of allylic oxidation sites excluding steroid dienone is 1. The van der Waals surface area contributed by atoms with Gasteiger partial charge in [-0.15, -0.1) is 11.3 Å². The molecule has 0 bridgehead atoms. The van der Waals surface area contributed by atoms with Crippen molar-refractivity contribution in [3.8, 4) is 0 Å². The number of likely N-dealkylation sites (tertiary alicyclic amines) is 1. The van der Waals surface area contributed by atoms with Gasteiger partial charge in [0.25, 0.3) is 0 Å². The number of thiophene rings is 1. The minimum absolute atomic E-state index is 0.0303. The van der Waals surface area contributed by atoms with Crippen molar-refractivity contribution in [2.75, 3.05) is 27.4 Å². The maximum atomic E-state index is 13.4. The number of fused-ring (bicyclic) bond motifs is 1. The van der Waals surface area contributed by atoms with Crippen molar-refractivity contribution in [2.45, 2.75) is 45.1 Å². The molecule has 0 aromatic carbocycles. The van der Waals surface area contributed by atoms with Gasteiger partial charge in [0.2, 0.25) is 11.8 Å². The first kappa shape index (κ1) is 22.5. The van der Waals surface area contributed by atoms with Gasteiger partial charge in [0.05, 0.1) is 19.6 Å².